The average molecular weight is 380 g/mol. The molecule has 2 aromatic carbocycles. The lowest BCUT2D eigenvalue weighted by Crippen LogP contribution is -2.12. The number of benzene rings is 2. The van der Waals surface area contributed by atoms with Crippen molar-refractivity contribution < 1.29 is 22.7 Å². The lowest BCUT2D eigenvalue weighted by molar-refractivity contribution is 0.0587. The van der Waals surface area contributed by atoms with Gasteiger partial charge in [-0.3, -0.25) is 0 Å². The number of halogens is 1. The van der Waals surface area contributed by atoms with Crippen LogP contribution in [0.2, 0.25) is 0 Å². The molecule has 0 aliphatic heterocycles. The number of para-hydroxylation sites is 1. The third kappa shape index (κ3) is 2.96. The molecule has 0 aliphatic carbocycles. The molecule has 0 unspecified atom stereocenters. The van der Waals surface area contributed by atoms with E-state index in [9.17, 15) is 13.2 Å². The Kier molecular flexibility index (Phi) is 4.45. The minimum absolute atomic E-state index is 0.160. The number of rotatable bonds is 4. The van der Waals surface area contributed by atoms with E-state index in [2.05, 4.69) is 0 Å². The summed E-state index contributed by atoms with van der Waals surface area (Å²) in [5, 5.41) is 0.276. The number of esters is 1. The predicted molar refractivity (Wildman–Crippen MR) is 94.2 cm³/mol. The number of carbonyl (C=O) groups excluding carboxylic acids is 1. The van der Waals surface area contributed by atoms with Crippen LogP contribution in [0.5, 0.6) is 5.75 Å². The molecular formula is C17H14ClNO5S. The lowest BCUT2D eigenvalue weighted by Gasteiger charge is -2.10. The first-order chi connectivity index (χ1) is 11.9. The highest BCUT2D eigenvalue weighted by Gasteiger charge is 2.31. The second kappa shape index (κ2) is 6.42. The molecule has 0 N–H and O–H groups in total. The Balaban J connectivity index is 2.55. The Morgan fingerprint density at radius 1 is 1.08 bits per heavy atom. The van der Waals surface area contributed by atoms with Gasteiger partial charge >= 0.3 is 5.97 Å². The molecular weight excluding hydrogens is 366 g/mol. The molecule has 3 rings (SSSR count). The summed E-state index contributed by atoms with van der Waals surface area (Å²) in [6.07, 6.45) is 0. The van der Waals surface area contributed by atoms with Crippen LogP contribution in [-0.4, -0.2) is 33.2 Å². The van der Waals surface area contributed by atoms with Crippen molar-refractivity contribution in [3.8, 4) is 11.4 Å². The van der Waals surface area contributed by atoms with Crippen molar-refractivity contribution >= 4 is 36.6 Å². The highest BCUT2D eigenvalue weighted by Crippen LogP contribution is 2.37. The Bertz CT molecular complexity index is 1060. The number of ether oxygens (including phenoxy) is 2. The second-order valence-electron chi connectivity index (χ2n) is 5.16. The van der Waals surface area contributed by atoms with E-state index in [1.54, 1.807) is 36.4 Å². The molecule has 0 saturated carbocycles. The van der Waals surface area contributed by atoms with Crippen molar-refractivity contribution in [3.63, 3.8) is 0 Å². The fraction of sp³-hybridized carbons (Fsp3) is 0.118. The molecule has 130 valence electrons. The van der Waals surface area contributed by atoms with E-state index >= 15 is 0 Å². The normalized spacial score (nSPS) is 11.5. The SMILES string of the molecule is COC(=O)c1c(S(=O)(=O)Cl)c2cc(OC)ccc2n1-c1ccccc1. The molecule has 25 heavy (non-hydrogen) atoms. The fourth-order valence-corrected chi connectivity index (χ4v) is 4.04. The van der Waals surface area contributed by atoms with Gasteiger partial charge in [0.15, 0.2) is 5.69 Å². The summed E-state index contributed by atoms with van der Waals surface area (Å²) < 4.78 is 36.0. The minimum Gasteiger partial charge on any atom is -0.497 e. The van der Waals surface area contributed by atoms with E-state index < -0.39 is 15.0 Å². The second-order valence-corrected chi connectivity index (χ2v) is 7.66. The maximum atomic E-state index is 12.4. The molecule has 1 aromatic heterocycles. The van der Waals surface area contributed by atoms with Gasteiger partial charge in [-0.25, -0.2) is 13.2 Å². The van der Waals surface area contributed by atoms with Crippen molar-refractivity contribution in [3.05, 3.63) is 54.2 Å². The smallest absolute Gasteiger partial charge is 0.356 e. The van der Waals surface area contributed by atoms with Gasteiger partial charge < -0.3 is 14.0 Å². The zero-order chi connectivity index (χ0) is 18.2. The standard InChI is InChI=1S/C17H14ClNO5S/c1-23-12-8-9-14-13(10-12)16(25(18,21)22)15(17(20)24-2)19(14)11-6-4-3-5-7-11/h3-10H,1-2H3. The molecule has 0 amide bonds. The summed E-state index contributed by atoms with van der Waals surface area (Å²) in [4.78, 5) is 12.1. The van der Waals surface area contributed by atoms with Crippen LogP contribution < -0.4 is 4.74 Å². The highest BCUT2D eigenvalue weighted by atomic mass is 35.7. The zero-order valence-corrected chi connectivity index (χ0v) is 15.0. The minimum atomic E-state index is -4.23. The maximum Gasteiger partial charge on any atom is 0.356 e. The van der Waals surface area contributed by atoms with Gasteiger partial charge in [0.05, 0.1) is 19.7 Å². The lowest BCUT2D eigenvalue weighted by atomic mass is 10.2. The van der Waals surface area contributed by atoms with Crippen LogP contribution in [0.4, 0.5) is 0 Å². The molecule has 6 nitrogen and oxygen atoms in total. The largest absolute Gasteiger partial charge is 0.497 e. The van der Waals surface area contributed by atoms with Crippen LogP contribution in [0.3, 0.4) is 0 Å². The molecule has 1 heterocycles. The van der Waals surface area contributed by atoms with Gasteiger partial charge in [-0.05, 0) is 30.3 Å². The number of aromatic nitrogens is 1. The molecule has 8 heteroatoms. The number of hydrogen-bond donors (Lipinski definition) is 0. The fourth-order valence-electron chi connectivity index (χ4n) is 2.74. The van der Waals surface area contributed by atoms with Crippen molar-refractivity contribution in [1.82, 2.24) is 4.57 Å². The molecule has 0 atom stereocenters. The van der Waals surface area contributed by atoms with Crippen LogP contribution >= 0.6 is 10.7 Å². The van der Waals surface area contributed by atoms with E-state index in [4.69, 9.17) is 20.2 Å². The van der Waals surface area contributed by atoms with Gasteiger partial charge in [0.1, 0.15) is 10.6 Å². The third-order valence-electron chi connectivity index (χ3n) is 3.76. The number of nitrogens with zero attached hydrogens (tertiary/aromatic N) is 1. The van der Waals surface area contributed by atoms with Gasteiger partial charge in [0.2, 0.25) is 0 Å². The van der Waals surface area contributed by atoms with Crippen LogP contribution in [-0.2, 0) is 13.8 Å². The Hall–Kier alpha value is -2.51. The topological polar surface area (TPSA) is 74.6 Å². The first-order valence-corrected chi connectivity index (χ1v) is 9.50. The third-order valence-corrected chi connectivity index (χ3v) is 5.13. The molecule has 0 saturated heterocycles. The zero-order valence-electron chi connectivity index (χ0n) is 13.4. The molecule has 0 fully saturated rings. The van der Waals surface area contributed by atoms with Gasteiger partial charge in [-0.15, -0.1) is 0 Å². The quantitative estimate of drug-likeness (QED) is 0.513. The van der Waals surface area contributed by atoms with Crippen LogP contribution in [0.15, 0.2) is 53.4 Å². The summed E-state index contributed by atoms with van der Waals surface area (Å²) in [6.45, 7) is 0. The van der Waals surface area contributed by atoms with E-state index in [0.717, 1.165) is 0 Å². The Labute approximate surface area is 149 Å². The molecule has 0 aliphatic rings. The maximum absolute atomic E-state index is 12.4. The first-order valence-electron chi connectivity index (χ1n) is 7.19. The number of fused-ring (bicyclic) bond motifs is 1. The van der Waals surface area contributed by atoms with Crippen LogP contribution in [0.25, 0.3) is 16.6 Å². The van der Waals surface area contributed by atoms with Gasteiger partial charge in [-0.1, -0.05) is 18.2 Å². The van der Waals surface area contributed by atoms with E-state index in [-0.39, 0.29) is 16.0 Å². The molecule has 0 bridgehead atoms. The van der Waals surface area contributed by atoms with Crippen molar-refractivity contribution in [1.29, 1.82) is 0 Å². The molecule has 0 radical (unpaired) electrons. The van der Waals surface area contributed by atoms with E-state index in [0.29, 0.717) is 17.0 Å². The number of hydrogen-bond acceptors (Lipinski definition) is 5. The molecule has 3 aromatic rings. The number of methoxy groups -OCH3 is 2. The monoisotopic (exact) mass is 379 g/mol. The first kappa shape index (κ1) is 17.3. The summed E-state index contributed by atoms with van der Waals surface area (Å²) >= 11 is 0. The highest BCUT2D eigenvalue weighted by molar-refractivity contribution is 8.14. The molecule has 0 spiro atoms. The summed E-state index contributed by atoms with van der Waals surface area (Å²) in [5.74, 6) is -0.367. The van der Waals surface area contributed by atoms with E-state index in [1.807, 2.05) is 6.07 Å². The van der Waals surface area contributed by atoms with Gasteiger partial charge in [0.25, 0.3) is 9.05 Å². The summed E-state index contributed by atoms with van der Waals surface area (Å²) in [5.41, 5.74) is 0.934. The van der Waals surface area contributed by atoms with Crippen molar-refractivity contribution in [2.24, 2.45) is 0 Å². The van der Waals surface area contributed by atoms with E-state index in [1.165, 1.54) is 24.9 Å². The van der Waals surface area contributed by atoms with Crippen molar-refractivity contribution in [2.75, 3.05) is 14.2 Å². The average Bonchev–Trinajstić information content (AvgIpc) is 2.96. The van der Waals surface area contributed by atoms with Crippen molar-refractivity contribution in [2.45, 2.75) is 4.90 Å². The van der Waals surface area contributed by atoms with Crippen LogP contribution in [0, 0.1) is 0 Å². The number of carbonyl (C=O) groups is 1. The summed E-state index contributed by atoms with van der Waals surface area (Å²) in [7, 11) is 4.06. The van der Waals surface area contributed by atoms with Gasteiger partial charge in [0, 0.05) is 21.8 Å². The Morgan fingerprint density at radius 2 is 1.76 bits per heavy atom. The Morgan fingerprint density at radius 3 is 2.32 bits per heavy atom. The summed E-state index contributed by atoms with van der Waals surface area (Å²) in [6, 6.07) is 13.7. The van der Waals surface area contributed by atoms with Gasteiger partial charge in [-0.2, -0.15) is 0 Å². The predicted octanol–water partition coefficient (Wildman–Crippen LogP) is 3.35. The van der Waals surface area contributed by atoms with Crippen LogP contribution in [0.1, 0.15) is 10.5 Å².